The standard InChI is InChI=1S/C16H15NO5/c1-10(18)12-5-3-6-13(9-12)17-15(19)11(2)22-16(20)14-7-4-8-21-14/h3-9,11H,1-2H3,(H,17,19)/t11-/m1/s1. The number of nitrogens with one attached hydrogen (secondary N) is 1. The monoisotopic (exact) mass is 301 g/mol. The van der Waals surface area contributed by atoms with E-state index in [-0.39, 0.29) is 11.5 Å². The molecule has 1 atom stereocenters. The number of ether oxygens (including phenoxy) is 1. The predicted molar refractivity (Wildman–Crippen MR) is 78.7 cm³/mol. The first-order valence-corrected chi connectivity index (χ1v) is 6.63. The summed E-state index contributed by atoms with van der Waals surface area (Å²) in [6.45, 7) is 2.89. The van der Waals surface area contributed by atoms with Gasteiger partial charge >= 0.3 is 5.97 Å². The Kier molecular flexibility index (Phi) is 4.73. The average Bonchev–Trinajstić information content (AvgIpc) is 3.01. The van der Waals surface area contributed by atoms with Crippen LogP contribution in [0.5, 0.6) is 0 Å². The van der Waals surface area contributed by atoms with Crippen molar-refractivity contribution in [2.45, 2.75) is 20.0 Å². The van der Waals surface area contributed by atoms with Crippen LogP contribution in [0.4, 0.5) is 5.69 Å². The lowest BCUT2D eigenvalue weighted by Crippen LogP contribution is -2.29. The number of Topliss-reactive ketones (excluding diaryl/α,β-unsaturated/α-hetero) is 1. The molecule has 1 aromatic heterocycles. The Balaban J connectivity index is 1.98. The maximum atomic E-state index is 12.0. The highest BCUT2D eigenvalue weighted by Crippen LogP contribution is 2.12. The van der Waals surface area contributed by atoms with Gasteiger partial charge in [-0.25, -0.2) is 4.79 Å². The summed E-state index contributed by atoms with van der Waals surface area (Å²) in [6.07, 6.45) is 0.341. The lowest BCUT2D eigenvalue weighted by atomic mass is 10.1. The number of esters is 1. The molecule has 0 unspecified atom stereocenters. The van der Waals surface area contributed by atoms with Crippen LogP contribution in [-0.2, 0) is 9.53 Å². The fraction of sp³-hybridized carbons (Fsp3) is 0.188. The minimum absolute atomic E-state index is 0.0261. The topological polar surface area (TPSA) is 85.6 Å². The van der Waals surface area contributed by atoms with Gasteiger partial charge in [0.2, 0.25) is 5.76 Å². The molecule has 0 aliphatic rings. The summed E-state index contributed by atoms with van der Waals surface area (Å²) in [5.74, 6) is -1.29. The largest absolute Gasteiger partial charge is 0.457 e. The second-order valence-electron chi connectivity index (χ2n) is 4.65. The van der Waals surface area contributed by atoms with E-state index in [0.29, 0.717) is 11.3 Å². The minimum Gasteiger partial charge on any atom is -0.457 e. The molecular formula is C16H15NO5. The van der Waals surface area contributed by atoms with Crippen molar-refractivity contribution in [3.8, 4) is 0 Å². The van der Waals surface area contributed by atoms with Gasteiger partial charge in [-0.15, -0.1) is 0 Å². The zero-order valence-corrected chi connectivity index (χ0v) is 12.2. The lowest BCUT2D eigenvalue weighted by molar-refractivity contribution is -0.123. The van der Waals surface area contributed by atoms with Crippen LogP contribution in [0.3, 0.4) is 0 Å². The van der Waals surface area contributed by atoms with Gasteiger partial charge in [0.1, 0.15) is 0 Å². The second kappa shape index (κ2) is 6.71. The number of carbonyl (C=O) groups is 3. The maximum Gasteiger partial charge on any atom is 0.374 e. The number of hydrogen-bond acceptors (Lipinski definition) is 5. The van der Waals surface area contributed by atoms with Gasteiger partial charge in [0.25, 0.3) is 5.91 Å². The summed E-state index contributed by atoms with van der Waals surface area (Å²) >= 11 is 0. The highest BCUT2D eigenvalue weighted by atomic mass is 16.6. The summed E-state index contributed by atoms with van der Waals surface area (Å²) in [7, 11) is 0. The first-order valence-electron chi connectivity index (χ1n) is 6.63. The Labute approximate surface area is 127 Å². The first-order chi connectivity index (χ1) is 10.5. The Bertz CT molecular complexity index is 690. The van der Waals surface area contributed by atoms with E-state index in [2.05, 4.69) is 5.32 Å². The van der Waals surface area contributed by atoms with Gasteiger partial charge < -0.3 is 14.5 Å². The number of ketones is 1. The van der Waals surface area contributed by atoms with Crippen LogP contribution in [-0.4, -0.2) is 23.8 Å². The highest BCUT2D eigenvalue weighted by Gasteiger charge is 2.20. The Hall–Kier alpha value is -2.89. The molecule has 1 N–H and O–H groups in total. The van der Waals surface area contributed by atoms with E-state index < -0.39 is 18.0 Å². The SMILES string of the molecule is CC(=O)c1cccc(NC(=O)[C@@H](C)OC(=O)c2ccco2)c1. The fourth-order valence-electron chi connectivity index (χ4n) is 1.73. The summed E-state index contributed by atoms with van der Waals surface area (Å²) in [6, 6.07) is 9.51. The van der Waals surface area contributed by atoms with Crippen molar-refractivity contribution in [3.05, 3.63) is 54.0 Å². The molecule has 114 valence electrons. The first kappa shape index (κ1) is 15.5. The third-order valence-electron chi connectivity index (χ3n) is 2.91. The molecule has 0 saturated carbocycles. The van der Waals surface area contributed by atoms with Crippen LogP contribution in [0.1, 0.15) is 34.8 Å². The van der Waals surface area contributed by atoms with Crippen molar-refractivity contribution in [2.75, 3.05) is 5.32 Å². The molecule has 2 rings (SSSR count). The Morgan fingerprint density at radius 3 is 2.59 bits per heavy atom. The van der Waals surface area contributed by atoms with Gasteiger partial charge in [0.05, 0.1) is 6.26 Å². The van der Waals surface area contributed by atoms with Gasteiger partial charge in [-0.2, -0.15) is 0 Å². The van der Waals surface area contributed by atoms with Crippen molar-refractivity contribution < 1.29 is 23.5 Å². The van der Waals surface area contributed by atoms with E-state index in [1.54, 1.807) is 30.3 Å². The van der Waals surface area contributed by atoms with E-state index in [4.69, 9.17) is 9.15 Å². The predicted octanol–water partition coefficient (Wildman–Crippen LogP) is 2.67. The van der Waals surface area contributed by atoms with Crippen LogP contribution in [0.2, 0.25) is 0 Å². The van der Waals surface area contributed by atoms with E-state index in [1.807, 2.05) is 0 Å². The quantitative estimate of drug-likeness (QED) is 0.678. The van der Waals surface area contributed by atoms with E-state index in [9.17, 15) is 14.4 Å². The Morgan fingerprint density at radius 2 is 1.95 bits per heavy atom. The summed E-state index contributed by atoms with van der Waals surface area (Å²) < 4.78 is 9.89. The zero-order chi connectivity index (χ0) is 16.1. The second-order valence-corrected chi connectivity index (χ2v) is 4.65. The molecule has 22 heavy (non-hydrogen) atoms. The summed E-state index contributed by atoms with van der Waals surface area (Å²) in [5.41, 5.74) is 0.941. The normalized spacial score (nSPS) is 11.5. The van der Waals surface area contributed by atoms with Crippen molar-refractivity contribution in [1.29, 1.82) is 0 Å². The molecular weight excluding hydrogens is 286 g/mol. The van der Waals surface area contributed by atoms with Crippen molar-refractivity contribution >= 4 is 23.3 Å². The molecule has 1 aromatic carbocycles. The number of carbonyl (C=O) groups excluding carboxylic acids is 3. The maximum absolute atomic E-state index is 12.0. The molecule has 0 saturated heterocycles. The van der Waals surface area contributed by atoms with E-state index in [1.165, 1.54) is 26.2 Å². The highest BCUT2D eigenvalue weighted by molar-refractivity contribution is 5.99. The lowest BCUT2D eigenvalue weighted by Gasteiger charge is -2.13. The Morgan fingerprint density at radius 1 is 1.18 bits per heavy atom. The van der Waals surface area contributed by atoms with Gasteiger partial charge in [0, 0.05) is 11.3 Å². The molecule has 0 fully saturated rings. The van der Waals surface area contributed by atoms with Gasteiger partial charge in [-0.1, -0.05) is 12.1 Å². The van der Waals surface area contributed by atoms with Crippen LogP contribution in [0, 0.1) is 0 Å². The third-order valence-corrected chi connectivity index (χ3v) is 2.91. The van der Waals surface area contributed by atoms with Crippen LogP contribution in [0.25, 0.3) is 0 Å². The number of furan rings is 1. The van der Waals surface area contributed by atoms with Gasteiger partial charge in [0.15, 0.2) is 11.9 Å². The number of rotatable bonds is 5. The smallest absolute Gasteiger partial charge is 0.374 e. The van der Waals surface area contributed by atoms with Crippen LogP contribution >= 0.6 is 0 Å². The zero-order valence-electron chi connectivity index (χ0n) is 12.2. The molecule has 0 aliphatic heterocycles. The van der Waals surface area contributed by atoms with Crippen LogP contribution < -0.4 is 5.32 Å². The number of amides is 1. The van der Waals surface area contributed by atoms with Gasteiger partial charge in [-0.3, -0.25) is 9.59 Å². The summed E-state index contributed by atoms with van der Waals surface area (Å²) in [5, 5.41) is 2.59. The number of anilines is 1. The third kappa shape index (κ3) is 3.82. The fourth-order valence-corrected chi connectivity index (χ4v) is 1.73. The molecule has 2 aromatic rings. The molecule has 1 amide bonds. The van der Waals surface area contributed by atoms with E-state index >= 15 is 0 Å². The average molecular weight is 301 g/mol. The van der Waals surface area contributed by atoms with E-state index in [0.717, 1.165) is 0 Å². The molecule has 6 nitrogen and oxygen atoms in total. The molecule has 0 bridgehead atoms. The van der Waals surface area contributed by atoms with Crippen molar-refractivity contribution in [3.63, 3.8) is 0 Å². The van der Waals surface area contributed by atoms with Crippen molar-refractivity contribution in [1.82, 2.24) is 0 Å². The molecule has 6 heteroatoms. The minimum atomic E-state index is -1.00. The molecule has 0 aliphatic carbocycles. The summed E-state index contributed by atoms with van der Waals surface area (Å²) in [4.78, 5) is 35.0. The molecule has 0 radical (unpaired) electrons. The van der Waals surface area contributed by atoms with Crippen molar-refractivity contribution in [2.24, 2.45) is 0 Å². The number of benzene rings is 1. The molecule has 0 spiro atoms. The van der Waals surface area contributed by atoms with Gasteiger partial charge in [-0.05, 0) is 38.1 Å². The van der Waals surface area contributed by atoms with Crippen LogP contribution in [0.15, 0.2) is 47.1 Å². The number of hydrogen-bond donors (Lipinski definition) is 1. The molecule has 1 heterocycles.